The number of nitrogens with zero attached hydrogens (tertiary/aromatic N) is 2. The molecule has 1 heterocycles. The van der Waals surface area contributed by atoms with Crippen LogP contribution in [0.25, 0.3) is 0 Å². The van der Waals surface area contributed by atoms with Crippen molar-refractivity contribution in [3.63, 3.8) is 0 Å². The number of amides is 1. The normalized spacial score (nSPS) is 17.4. The summed E-state index contributed by atoms with van der Waals surface area (Å²) in [6.45, 7) is 0.837. The summed E-state index contributed by atoms with van der Waals surface area (Å²) in [5.41, 5.74) is 0.214. The van der Waals surface area contributed by atoms with Crippen LogP contribution in [0.4, 0.5) is 0 Å². The number of benzene rings is 1. The first-order valence-electron chi connectivity index (χ1n) is 5.75. The molecule has 1 aliphatic rings. The van der Waals surface area contributed by atoms with Crippen LogP contribution in [-0.2, 0) is 10.2 Å². The second kappa shape index (κ2) is 5.16. The molecule has 1 amide bonds. The molecule has 1 saturated heterocycles. The maximum Gasteiger partial charge on any atom is 0.277 e. The lowest BCUT2D eigenvalue weighted by Crippen LogP contribution is -2.52. The highest BCUT2D eigenvalue weighted by atomic mass is 32.2. The Morgan fingerprint density at radius 2 is 1.74 bits per heavy atom. The molecule has 0 spiro atoms. The van der Waals surface area contributed by atoms with Gasteiger partial charge in [-0.25, -0.2) is 5.14 Å². The topological polar surface area (TPSA) is 104 Å². The molecule has 3 N–H and O–H groups in total. The van der Waals surface area contributed by atoms with E-state index in [1.165, 1.54) is 17.0 Å². The molecule has 0 unspecified atom stereocenters. The Labute approximate surface area is 111 Å². The number of piperazine rings is 1. The summed E-state index contributed by atoms with van der Waals surface area (Å²) in [6.07, 6.45) is 0. The van der Waals surface area contributed by atoms with Gasteiger partial charge in [-0.3, -0.25) is 4.79 Å². The third-order valence-corrected chi connectivity index (χ3v) is 4.11. The number of phenolic OH excluding ortho intramolecular Hbond substituents is 1. The van der Waals surface area contributed by atoms with Crippen LogP contribution in [0.15, 0.2) is 24.3 Å². The smallest absolute Gasteiger partial charge is 0.277 e. The fourth-order valence-electron chi connectivity index (χ4n) is 1.97. The quantitative estimate of drug-likeness (QED) is 0.753. The van der Waals surface area contributed by atoms with Crippen LogP contribution < -0.4 is 5.14 Å². The molecule has 0 aliphatic carbocycles. The van der Waals surface area contributed by atoms with Crippen LogP contribution in [-0.4, -0.2) is 54.8 Å². The van der Waals surface area contributed by atoms with E-state index in [2.05, 4.69) is 0 Å². The minimum atomic E-state index is -3.70. The highest BCUT2D eigenvalue weighted by Gasteiger charge is 2.27. The van der Waals surface area contributed by atoms with Crippen molar-refractivity contribution in [3.8, 4) is 5.75 Å². The maximum atomic E-state index is 12.1. The Bertz CT molecular complexity index is 579. The molecule has 8 heteroatoms. The number of hydrogen-bond acceptors (Lipinski definition) is 4. The van der Waals surface area contributed by atoms with Crippen LogP contribution in [0.2, 0.25) is 0 Å². The number of carbonyl (C=O) groups excluding carboxylic acids is 1. The zero-order chi connectivity index (χ0) is 14.0. The highest BCUT2D eigenvalue weighted by molar-refractivity contribution is 7.86. The van der Waals surface area contributed by atoms with Gasteiger partial charge in [0.1, 0.15) is 5.75 Å². The highest BCUT2D eigenvalue weighted by Crippen LogP contribution is 2.18. The molecule has 1 aromatic rings. The number of rotatable bonds is 2. The monoisotopic (exact) mass is 285 g/mol. The number of phenols is 1. The second-order valence-electron chi connectivity index (χ2n) is 4.25. The summed E-state index contributed by atoms with van der Waals surface area (Å²) in [7, 11) is -3.70. The van der Waals surface area contributed by atoms with Gasteiger partial charge in [-0.05, 0) is 12.1 Å². The molecule has 7 nitrogen and oxygen atoms in total. The van der Waals surface area contributed by atoms with Gasteiger partial charge in [-0.1, -0.05) is 12.1 Å². The first-order chi connectivity index (χ1) is 8.89. The fourth-order valence-corrected chi connectivity index (χ4v) is 2.64. The largest absolute Gasteiger partial charge is 0.507 e. The van der Waals surface area contributed by atoms with Gasteiger partial charge in [0, 0.05) is 26.2 Å². The van der Waals surface area contributed by atoms with Gasteiger partial charge in [0.25, 0.3) is 16.1 Å². The molecule has 0 atom stereocenters. The van der Waals surface area contributed by atoms with E-state index in [4.69, 9.17) is 5.14 Å². The lowest BCUT2D eigenvalue weighted by atomic mass is 10.1. The molecular formula is C11H15N3O4S. The van der Waals surface area contributed by atoms with Gasteiger partial charge in [0.2, 0.25) is 0 Å². The zero-order valence-corrected chi connectivity index (χ0v) is 11.0. The molecular weight excluding hydrogens is 270 g/mol. The van der Waals surface area contributed by atoms with Crippen molar-refractivity contribution in [1.29, 1.82) is 0 Å². The van der Waals surface area contributed by atoms with Crippen molar-refractivity contribution in [2.45, 2.75) is 0 Å². The van der Waals surface area contributed by atoms with Crippen molar-refractivity contribution < 1.29 is 18.3 Å². The average Bonchev–Trinajstić information content (AvgIpc) is 2.38. The van der Waals surface area contributed by atoms with Crippen LogP contribution in [0, 0.1) is 0 Å². The molecule has 1 aromatic carbocycles. The summed E-state index contributed by atoms with van der Waals surface area (Å²) in [6, 6.07) is 6.26. The standard InChI is InChI=1S/C11H15N3O4S/c12-19(17,18)14-7-5-13(6-8-14)11(16)9-3-1-2-4-10(9)15/h1-4,15H,5-8H2,(H2,12,17,18). The van der Waals surface area contributed by atoms with E-state index in [-0.39, 0.29) is 43.4 Å². The number of aromatic hydroxyl groups is 1. The third-order valence-electron chi connectivity index (χ3n) is 3.02. The Morgan fingerprint density at radius 3 is 2.26 bits per heavy atom. The molecule has 19 heavy (non-hydrogen) atoms. The van der Waals surface area contributed by atoms with Crippen molar-refractivity contribution in [1.82, 2.24) is 9.21 Å². The predicted octanol–water partition coefficient (Wildman–Crippen LogP) is -0.646. The van der Waals surface area contributed by atoms with Crippen molar-refractivity contribution >= 4 is 16.1 Å². The first kappa shape index (κ1) is 13.8. The van der Waals surface area contributed by atoms with Gasteiger partial charge >= 0.3 is 0 Å². The van der Waals surface area contributed by atoms with E-state index >= 15 is 0 Å². The summed E-state index contributed by atoms with van der Waals surface area (Å²) in [5, 5.41) is 14.6. The van der Waals surface area contributed by atoms with E-state index < -0.39 is 10.2 Å². The molecule has 104 valence electrons. The fraction of sp³-hybridized carbons (Fsp3) is 0.364. The molecule has 0 radical (unpaired) electrons. The second-order valence-corrected chi connectivity index (χ2v) is 5.80. The summed E-state index contributed by atoms with van der Waals surface area (Å²) in [5.74, 6) is -0.395. The summed E-state index contributed by atoms with van der Waals surface area (Å²) >= 11 is 0. The van der Waals surface area contributed by atoms with E-state index in [1.807, 2.05) is 0 Å². The van der Waals surface area contributed by atoms with Crippen molar-refractivity contribution in [2.24, 2.45) is 5.14 Å². The summed E-state index contributed by atoms with van der Waals surface area (Å²) < 4.78 is 23.4. The van der Waals surface area contributed by atoms with Gasteiger partial charge in [-0.15, -0.1) is 0 Å². The SMILES string of the molecule is NS(=O)(=O)N1CCN(C(=O)c2ccccc2O)CC1. The number of nitrogens with two attached hydrogens (primary N) is 1. The Kier molecular flexibility index (Phi) is 3.74. The van der Waals surface area contributed by atoms with Crippen LogP contribution in [0.5, 0.6) is 5.75 Å². The van der Waals surface area contributed by atoms with E-state index in [1.54, 1.807) is 12.1 Å². The molecule has 0 saturated carbocycles. The average molecular weight is 285 g/mol. The van der Waals surface area contributed by atoms with E-state index in [0.29, 0.717) is 0 Å². The van der Waals surface area contributed by atoms with Gasteiger partial charge in [0.15, 0.2) is 0 Å². The predicted molar refractivity (Wildman–Crippen MR) is 68.7 cm³/mol. The van der Waals surface area contributed by atoms with Gasteiger partial charge in [-0.2, -0.15) is 12.7 Å². The molecule has 2 rings (SSSR count). The Hall–Kier alpha value is -1.64. The third kappa shape index (κ3) is 3.03. The minimum Gasteiger partial charge on any atom is -0.507 e. The van der Waals surface area contributed by atoms with Gasteiger partial charge in [0.05, 0.1) is 5.56 Å². The lowest BCUT2D eigenvalue weighted by Gasteiger charge is -2.33. The Balaban J connectivity index is 2.07. The van der Waals surface area contributed by atoms with Crippen molar-refractivity contribution in [3.05, 3.63) is 29.8 Å². The molecule has 0 aromatic heterocycles. The number of hydrogen-bond donors (Lipinski definition) is 2. The minimum absolute atomic E-state index is 0.0821. The summed E-state index contributed by atoms with van der Waals surface area (Å²) in [4.78, 5) is 13.6. The maximum absolute atomic E-state index is 12.1. The number of carbonyl (C=O) groups is 1. The zero-order valence-electron chi connectivity index (χ0n) is 10.2. The van der Waals surface area contributed by atoms with Crippen LogP contribution >= 0.6 is 0 Å². The molecule has 1 fully saturated rings. The molecule has 0 bridgehead atoms. The van der Waals surface area contributed by atoms with E-state index in [0.717, 1.165) is 4.31 Å². The van der Waals surface area contributed by atoms with Crippen LogP contribution in [0.3, 0.4) is 0 Å². The number of para-hydroxylation sites is 1. The first-order valence-corrected chi connectivity index (χ1v) is 7.25. The Morgan fingerprint density at radius 1 is 1.16 bits per heavy atom. The van der Waals surface area contributed by atoms with Gasteiger partial charge < -0.3 is 10.0 Å². The molecule has 1 aliphatic heterocycles. The lowest BCUT2D eigenvalue weighted by molar-refractivity contribution is 0.0695. The van der Waals surface area contributed by atoms with E-state index in [9.17, 15) is 18.3 Å². The van der Waals surface area contributed by atoms with Crippen molar-refractivity contribution in [2.75, 3.05) is 26.2 Å². The van der Waals surface area contributed by atoms with Crippen LogP contribution in [0.1, 0.15) is 10.4 Å².